The van der Waals surface area contributed by atoms with E-state index in [9.17, 15) is 9.59 Å². The number of carbonyl (C=O) groups excluding carboxylic acids is 2. The predicted octanol–water partition coefficient (Wildman–Crippen LogP) is 7.35. The number of nitrogens with one attached hydrogen (secondary N) is 3. The topological polar surface area (TPSA) is 86.4 Å². The van der Waals surface area contributed by atoms with Gasteiger partial charge in [0.2, 0.25) is 5.91 Å². The van der Waals surface area contributed by atoms with Gasteiger partial charge < -0.3 is 16.0 Å². The van der Waals surface area contributed by atoms with Gasteiger partial charge in [0.25, 0.3) is 5.91 Å². The average Bonchev–Trinajstić information content (AvgIpc) is 3.11. The van der Waals surface area contributed by atoms with Gasteiger partial charge in [0.05, 0.1) is 11.4 Å². The largest absolute Gasteiger partial charge is 0.384 e. The Morgan fingerprint density at radius 3 is 2.49 bits per heavy atom. The van der Waals surface area contributed by atoms with Crippen LogP contribution in [0, 0.1) is 5.92 Å². The molecule has 2 heterocycles. The lowest BCUT2D eigenvalue weighted by Gasteiger charge is -2.32. The summed E-state index contributed by atoms with van der Waals surface area (Å²) in [6.07, 6.45) is 7.35. The van der Waals surface area contributed by atoms with Gasteiger partial charge in [-0.15, -0.1) is 0 Å². The Morgan fingerprint density at radius 2 is 1.60 bits per heavy atom. The van der Waals surface area contributed by atoms with Crippen LogP contribution in [0.25, 0.3) is 21.7 Å². The highest BCUT2D eigenvalue weighted by Gasteiger charge is 2.26. The fourth-order valence-corrected chi connectivity index (χ4v) is 7.19. The van der Waals surface area contributed by atoms with E-state index in [-0.39, 0.29) is 17.7 Å². The van der Waals surface area contributed by atoms with Crippen molar-refractivity contribution in [3.8, 4) is 0 Å². The van der Waals surface area contributed by atoms with Crippen molar-refractivity contribution in [2.45, 2.75) is 51.5 Å². The first-order valence-corrected chi connectivity index (χ1v) is 17.1. The summed E-state index contributed by atoms with van der Waals surface area (Å²) in [5, 5.41) is 13.3. The van der Waals surface area contributed by atoms with Crippen LogP contribution in [0.2, 0.25) is 0 Å². The van der Waals surface area contributed by atoms with Crippen LogP contribution in [0.4, 0.5) is 11.4 Å². The quantitative estimate of drug-likeness (QED) is 0.141. The summed E-state index contributed by atoms with van der Waals surface area (Å²) in [6.45, 7) is 3.97. The van der Waals surface area contributed by atoms with Crippen molar-refractivity contribution in [1.82, 2.24) is 15.2 Å². The second-order valence-electron chi connectivity index (χ2n) is 13.0. The molecule has 1 atom stereocenters. The first kappa shape index (κ1) is 30.9. The molecule has 7 rings (SSSR count). The van der Waals surface area contributed by atoms with Gasteiger partial charge in [0.1, 0.15) is 0 Å². The smallest absolute Gasteiger partial charge is 0.255 e. The molecule has 1 fully saturated rings. The van der Waals surface area contributed by atoms with Crippen LogP contribution < -0.4 is 16.0 Å². The average molecular weight is 626 g/mol. The van der Waals surface area contributed by atoms with Crippen LogP contribution in [0.5, 0.6) is 0 Å². The molecule has 0 radical (unpaired) electrons. The van der Waals surface area contributed by atoms with E-state index < -0.39 is 0 Å². The minimum atomic E-state index is -0.119. The number of piperidine rings is 1. The number of carbonyl (C=O) groups is 2. The standard InChI is InChI=1S/C40H43N5O2/c46-39(42-24-9-23-41-38-33-14-3-5-16-36(33)43-37-17-6-4-15-34(37)38)31-12-8-25-45(27-31)26-28-19-21-30(22-20-28)40(47)44-35-18-7-11-29-10-1-2-13-32(29)35/h1-3,5,7,10-11,13-14,16,18-22,31H,4,6,8-9,12,15,17,23-27H2,(H,41,43)(H,42,46)(H,44,47). The monoisotopic (exact) mass is 625 g/mol. The van der Waals surface area contributed by atoms with E-state index in [2.05, 4.69) is 45.1 Å². The van der Waals surface area contributed by atoms with Crippen molar-refractivity contribution in [1.29, 1.82) is 0 Å². The molecule has 1 aliphatic heterocycles. The number of nitrogens with zero attached hydrogens (tertiary/aromatic N) is 2. The maximum atomic E-state index is 13.1. The third-order valence-corrected chi connectivity index (χ3v) is 9.66. The van der Waals surface area contributed by atoms with Crippen molar-refractivity contribution in [2.24, 2.45) is 5.92 Å². The van der Waals surface area contributed by atoms with Crippen LogP contribution in [-0.2, 0) is 24.2 Å². The number of para-hydroxylation sites is 1. The molecule has 3 N–H and O–H groups in total. The molecule has 0 bridgehead atoms. The third-order valence-electron chi connectivity index (χ3n) is 9.66. The molecule has 47 heavy (non-hydrogen) atoms. The fourth-order valence-electron chi connectivity index (χ4n) is 7.19. The maximum absolute atomic E-state index is 13.1. The van der Waals surface area contributed by atoms with Gasteiger partial charge in [-0.05, 0) is 92.3 Å². The van der Waals surface area contributed by atoms with E-state index in [0.717, 1.165) is 85.8 Å². The van der Waals surface area contributed by atoms with E-state index in [1.54, 1.807) is 0 Å². The van der Waals surface area contributed by atoms with Crippen molar-refractivity contribution in [3.63, 3.8) is 0 Å². The summed E-state index contributed by atoms with van der Waals surface area (Å²) in [5.41, 5.74) is 7.49. The number of pyridine rings is 1. The molecule has 2 aliphatic rings. The molecule has 240 valence electrons. The number of fused-ring (bicyclic) bond motifs is 3. The molecule has 4 aromatic carbocycles. The van der Waals surface area contributed by atoms with Gasteiger partial charge in [-0.2, -0.15) is 0 Å². The fraction of sp³-hybridized carbons (Fsp3) is 0.325. The normalized spacial score (nSPS) is 16.5. The second kappa shape index (κ2) is 14.3. The molecule has 7 nitrogen and oxygen atoms in total. The second-order valence-corrected chi connectivity index (χ2v) is 13.0. The number of aromatic nitrogens is 1. The van der Waals surface area contributed by atoms with Crippen molar-refractivity contribution < 1.29 is 9.59 Å². The van der Waals surface area contributed by atoms with Gasteiger partial charge >= 0.3 is 0 Å². The highest BCUT2D eigenvalue weighted by molar-refractivity contribution is 6.09. The molecule has 2 amide bonds. The summed E-state index contributed by atoms with van der Waals surface area (Å²) in [5.74, 6) is 0.0341. The van der Waals surface area contributed by atoms with Crippen LogP contribution in [0.15, 0.2) is 91.0 Å². The summed E-state index contributed by atoms with van der Waals surface area (Å²) in [6, 6.07) is 30.2. The van der Waals surface area contributed by atoms with E-state index >= 15 is 0 Å². The highest BCUT2D eigenvalue weighted by atomic mass is 16.2. The Morgan fingerprint density at radius 1 is 0.809 bits per heavy atom. The highest BCUT2D eigenvalue weighted by Crippen LogP contribution is 2.33. The van der Waals surface area contributed by atoms with Crippen LogP contribution in [-0.4, -0.2) is 47.9 Å². The van der Waals surface area contributed by atoms with E-state index in [4.69, 9.17) is 4.98 Å². The Bertz CT molecular complexity index is 1880. The molecule has 7 heteroatoms. The minimum Gasteiger partial charge on any atom is -0.384 e. The Labute approximate surface area is 276 Å². The lowest BCUT2D eigenvalue weighted by atomic mass is 9.92. The number of anilines is 2. The molecule has 1 unspecified atom stereocenters. The predicted molar refractivity (Wildman–Crippen MR) is 191 cm³/mol. The lowest BCUT2D eigenvalue weighted by Crippen LogP contribution is -2.43. The first-order valence-electron chi connectivity index (χ1n) is 17.1. The SMILES string of the molecule is O=C(Nc1cccc2ccccc12)c1ccc(CN2CCCC(C(=O)NCCCNc3c4c(nc5ccccc35)CCCC4)C2)cc1. The zero-order valence-electron chi connectivity index (χ0n) is 26.9. The van der Waals surface area contributed by atoms with Crippen LogP contribution in [0.3, 0.4) is 0 Å². The van der Waals surface area contributed by atoms with Gasteiger partial charge in [-0.25, -0.2) is 0 Å². The first-order chi connectivity index (χ1) is 23.1. The van der Waals surface area contributed by atoms with Gasteiger partial charge in [0.15, 0.2) is 0 Å². The summed E-state index contributed by atoms with van der Waals surface area (Å²) in [7, 11) is 0. The van der Waals surface area contributed by atoms with Crippen molar-refractivity contribution in [3.05, 3.63) is 113 Å². The number of rotatable bonds is 10. The number of hydrogen-bond donors (Lipinski definition) is 3. The number of benzene rings is 4. The number of aryl methyl sites for hydroxylation is 1. The van der Waals surface area contributed by atoms with Gasteiger partial charge in [-0.1, -0.05) is 66.7 Å². The number of amides is 2. The molecule has 1 aliphatic carbocycles. The van der Waals surface area contributed by atoms with E-state index in [0.29, 0.717) is 12.1 Å². The van der Waals surface area contributed by atoms with E-state index in [1.807, 2.05) is 66.7 Å². The minimum absolute atomic E-state index is 0.00128. The molecular weight excluding hydrogens is 582 g/mol. The molecular formula is C40H43N5O2. The molecule has 5 aromatic rings. The third kappa shape index (κ3) is 7.15. The van der Waals surface area contributed by atoms with E-state index in [1.165, 1.54) is 35.2 Å². The zero-order chi connectivity index (χ0) is 32.0. The Hall–Kier alpha value is -4.75. The van der Waals surface area contributed by atoms with Crippen LogP contribution >= 0.6 is 0 Å². The van der Waals surface area contributed by atoms with Crippen molar-refractivity contribution >= 4 is 44.9 Å². The van der Waals surface area contributed by atoms with Crippen molar-refractivity contribution in [2.75, 3.05) is 36.8 Å². The summed E-state index contributed by atoms with van der Waals surface area (Å²) < 4.78 is 0. The summed E-state index contributed by atoms with van der Waals surface area (Å²) in [4.78, 5) is 33.5. The van der Waals surface area contributed by atoms with Gasteiger partial charge in [0, 0.05) is 59.6 Å². The molecule has 0 saturated carbocycles. The van der Waals surface area contributed by atoms with Crippen LogP contribution in [0.1, 0.15) is 59.3 Å². The Balaban J connectivity index is 0.878. The molecule has 0 spiro atoms. The number of likely N-dealkylation sites (tertiary alicyclic amines) is 1. The molecule has 1 saturated heterocycles. The lowest BCUT2D eigenvalue weighted by molar-refractivity contribution is -0.126. The maximum Gasteiger partial charge on any atom is 0.255 e. The summed E-state index contributed by atoms with van der Waals surface area (Å²) >= 11 is 0. The molecule has 1 aromatic heterocycles. The zero-order valence-corrected chi connectivity index (χ0v) is 26.9. The van der Waals surface area contributed by atoms with Gasteiger partial charge in [-0.3, -0.25) is 19.5 Å². The number of hydrogen-bond acceptors (Lipinski definition) is 5. The Kier molecular flexibility index (Phi) is 9.43.